The molecule has 3 nitrogen and oxygen atoms in total. The van der Waals surface area contributed by atoms with Gasteiger partial charge in [0.05, 0.1) is 10.6 Å². The molecule has 2 rings (SSSR count). The highest BCUT2D eigenvalue weighted by Crippen LogP contribution is 2.50. The van der Waals surface area contributed by atoms with Gasteiger partial charge >= 0.3 is 5.63 Å². The predicted molar refractivity (Wildman–Crippen MR) is 36.1 cm³/mol. The molecule has 1 heterocycles. The highest BCUT2D eigenvalue weighted by Gasteiger charge is 2.44. The average molecular weight is 160 g/mol. The van der Waals surface area contributed by atoms with Crippen LogP contribution in [0.3, 0.4) is 0 Å². The number of H-pyrrole nitrogens is 1. The normalized spacial score (nSPS) is 20.9. The average Bonchev–Trinajstić information content (AvgIpc) is 2.45. The molecular weight excluding hydrogens is 154 g/mol. The summed E-state index contributed by atoms with van der Waals surface area (Å²) in [5.41, 5.74) is 0.348. The van der Waals surface area contributed by atoms with Crippen molar-refractivity contribution in [2.24, 2.45) is 0 Å². The molecule has 0 spiro atoms. The molecule has 0 atom stereocenters. The first-order valence-electron chi connectivity index (χ1n) is 3.09. The molecule has 1 N–H and O–H groups in total. The molecule has 1 saturated carbocycles. The second-order valence-corrected chi connectivity index (χ2v) is 3.27. The van der Waals surface area contributed by atoms with Crippen LogP contribution in [0.15, 0.2) is 15.4 Å². The molecule has 1 aliphatic rings. The fourth-order valence-corrected chi connectivity index (χ4v) is 1.07. The van der Waals surface area contributed by atoms with E-state index in [0.29, 0.717) is 5.69 Å². The summed E-state index contributed by atoms with van der Waals surface area (Å²) in [6, 6.07) is 1.40. The molecular formula is C6H6ClNO2. The van der Waals surface area contributed by atoms with Crippen molar-refractivity contribution < 1.29 is 4.52 Å². The van der Waals surface area contributed by atoms with Gasteiger partial charge in [-0.15, -0.1) is 11.6 Å². The predicted octanol–water partition coefficient (Wildman–Crippen LogP) is 1.20. The monoisotopic (exact) mass is 159 g/mol. The first kappa shape index (κ1) is 6.04. The molecule has 0 saturated heterocycles. The minimum Gasteiger partial charge on any atom is -0.339 e. The lowest BCUT2D eigenvalue weighted by atomic mass is 10.3. The van der Waals surface area contributed by atoms with Crippen molar-refractivity contribution in [2.75, 3.05) is 0 Å². The zero-order valence-electron chi connectivity index (χ0n) is 5.19. The Morgan fingerprint density at radius 1 is 1.70 bits per heavy atom. The van der Waals surface area contributed by atoms with Crippen LogP contribution in [0.5, 0.6) is 0 Å². The third-order valence-corrected chi connectivity index (χ3v) is 2.28. The molecule has 0 aliphatic heterocycles. The van der Waals surface area contributed by atoms with Gasteiger partial charge < -0.3 is 4.52 Å². The maximum atomic E-state index is 10.5. The summed E-state index contributed by atoms with van der Waals surface area (Å²) >= 11 is 5.95. The molecule has 10 heavy (non-hydrogen) atoms. The number of aromatic nitrogens is 1. The summed E-state index contributed by atoms with van der Waals surface area (Å²) in [6.07, 6.45) is 1.84. The molecule has 1 aromatic heterocycles. The topological polar surface area (TPSA) is 46.0 Å². The van der Waals surface area contributed by atoms with Crippen molar-refractivity contribution in [2.45, 2.75) is 17.7 Å². The third kappa shape index (κ3) is 0.778. The Bertz CT molecular complexity index is 297. The van der Waals surface area contributed by atoms with E-state index in [0.717, 1.165) is 12.8 Å². The minimum absolute atomic E-state index is 0.313. The third-order valence-electron chi connectivity index (χ3n) is 1.70. The van der Waals surface area contributed by atoms with Gasteiger partial charge in [0.25, 0.3) is 0 Å². The maximum Gasteiger partial charge on any atom is 0.357 e. The quantitative estimate of drug-likeness (QED) is 0.626. The van der Waals surface area contributed by atoms with E-state index in [1.807, 2.05) is 0 Å². The molecule has 1 fully saturated rings. The van der Waals surface area contributed by atoms with Crippen LogP contribution in [0.4, 0.5) is 0 Å². The maximum absolute atomic E-state index is 10.5. The molecule has 1 aliphatic carbocycles. The van der Waals surface area contributed by atoms with E-state index < -0.39 is 0 Å². The van der Waals surface area contributed by atoms with E-state index in [1.165, 1.54) is 6.07 Å². The van der Waals surface area contributed by atoms with Gasteiger partial charge in [-0.25, -0.2) is 9.95 Å². The smallest absolute Gasteiger partial charge is 0.339 e. The van der Waals surface area contributed by atoms with Crippen LogP contribution in [-0.4, -0.2) is 5.16 Å². The largest absolute Gasteiger partial charge is 0.357 e. The van der Waals surface area contributed by atoms with Crippen LogP contribution < -0.4 is 5.63 Å². The SMILES string of the molecule is O=c1cc(C2(Cl)CC2)[nH]o1. The number of halogens is 1. The van der Waals surface area contributed by atoms with E-state index in [4.69, 9.17) is 11.6 Å². The number of hydrogen-bond acceptors (Lipinski definition) is 2. The number of hydrogen-bond donors (Lipinski definition) is 1. The van der Waals surface area contributed by atoms with Crippen molar-refractivity contribution in [1.29, 1.82) is 0 Å². The van der Waals surface area contributed by atoms with Gasteiger partial charge in [-0.1, -0.05) is 0 Å². The van der Waals surface area contributed by atoms with Crippen LogP contribution >= 0.6 is 11.6 Å². The van der Waals surface area contributed by atoms with Crippen LogP contribution in [0.25, 0.3) is 0 Å². The summed E-state index contributed by atoms with van der Waals surface area (Å²) in [5, 5.41) is 2.49. The number of nitrogens with one attached hydrogen (secondary N) is 1. The zero-order valence-corrected chi connectivity index (χ0v) is 5.94. The van der Waals surface area contributed by atoms with E-state index >= 15 is 0 Å². The van der Waals surface area contributed by atoms with Crippen molar-refractivity contribution in [3.63, 3.8) is 0 Å². The summed E-state index contributed by atoms with van der Waals surface area (Å²) < 4.78 is 4.47. The number of rotatable bonds is 1. The molecule has 0 aromatic carbocycles. The van der Waals surface area contributed by atoms with E-state index in [2.05, 4.69) is 9.68 Å². The van der Waals surface area contributed by atoms with Crippen molar-refractivity contribution in [3.05, 3.63) is 22.2 Å². The highest BCUT2D eigenvalue weighted by molar-refractivity contribution is 6.25. The Balaban J connectivity index is 2.43. The van der Waals surface area contributed by atoms with Gasteiger partial charge in [-0.3, -0.25) is 0 Å². The summed E-state index contributed by atoms with van der Waals surface area (Å²) in [7, 11) is 0. The van der Waals surface area contributed by atoms with Gasteiger partial charge in [0.15, 0.2) is 0 Å². The van der Waals surface area contributed by atoms with Crippen molar-refractivity contribution >= 4 is 11.6 Å². The van der Waals surface area contributed by atoms with E-state index in [9.17, 15) is 4.79 Å². The second kappa shape index (κ2) is 1.66. The molecule has 54 valence electrons. The fraction of sp³-hybridized carbons (Fsp3) is 0.500. The van der Waals surface area contributed by atoms with Gasteiger partial charge in [-0.05, 0) is 12.8 Å². The molecule has 0 bridgehead atoms. The lowest BCUT2D eigenvalue weighted by molar-refractivity contribution is 0.383. The van der Waals surface area contributed by atoms with E-state index in [-0.39, 0.29) is 10.5 Å². The Morgan fingerprint density at radius 2 is 2.40 bits per heavy atom. The number of aromatic amines is 1. The molecule has 4 heteroatoms. The second-order valence-electron chi connectivity index (χ2n) is 2.55. The summed E-state index contributed by atoms with van der Waals surface area (Å²) in [5.74, 6) is 0. The van der Waals surface area contributed by atoms with Gasteiger partial charge in [0.1, 0.15) is 0 Å². The fourth-order valence-electron chi connectivity index (χ4n) is 0.882. The molecule has 1 aromatic rings. The van der Waals surface area contributed by atoms with Crippen LogP contribution in [0.2, 0.25) is 0 Å². The van der Waals surface area contributed by atoms with Crippen LogP contribution in [0.1, 0.15) is 18.5 Å². The minimum atomic E-state index is -0.359. The molecule has 0 radical (unpaired) electrons. The van der Waals surface area contributed by atoms with E-state index in [1.54, 1.807) is 0 Å². The Labute approximate surface area is 62.0 Å². The zero-order chi connectivity index (χ0) is 7.19. The lowest BCUT2D eigenvalue weighted by Crippen LogP contribution is -1.95. The lowest BCUT2D eigenvalue weighted by Gasteiger charge is -1.96. The van der Waals surface area contributed by atoms with Crippen LogP contribution in [0, 0.1) is 0 Å². The van der Waals surface area contributed by atoms with Gasteiger partial charge in [0, 0.05) is 6.07 Å². The summed E-state index contributed by atoms with van der Waals surface area (Å²) in [6.45, 7) is 0. The van der Waals surface area contributed by atoms with Crippen molar-refractivity contribution in [1.82, 2.24) is 5.16 Å². The first-order chi connectivity index (χ1) is 4.71. The van der Waals surface area contributed by atoms with Crippen LogP contribution in [-0.2, 0) is 4.87 Å². The summed E-state index contributed by atoms with van der Waals surface area (Å²) in [4.78, 5) is 10.2. The number of alkyl halides is 1. The Kier molecular flexibility index (Phi) is 1.01. The standard InChI is InChI=1S/C6H6ClNO2/c7-6(1-2-6)4-3-5(9)10-8-4/h3,8H,1-2H2. The first-order valence-corrected chi connectivity index (χ1v) is 3.46. The highest BCUT2D eigenvalue weighted by atomic mass is 35.5. The van der Waals surface area contributed by atoms with Crippen molar-refractivity contribution in [3.8, 4) is 0 Å². The molecule has 0 unspecified atom stereocenters. The van der Waals surface area contributed by atoms with Gasteiger partial charge in [-0.2, -0.15) is 0 Å². The molecule has 0 amide bonds. The van der Waals surface area contributed by atoms with Gasteiger partial charge in [0.2, 0.25) is 0 Å². The Hall–Kier alpha value is -0.700. The Morgan fingerprint density at radius 3 is 2.80 bits per heavy atom.